The Hall–Kier alpha value is 0.380. The second kappa shape index (κ2) is 6.22. The minimum atomic E-state index is -0.0762. The first kappa shape index (κ1) is 14.8. The van der Waals surface area contributed by atoms with Gasteiger partial charge in [0.05, 0.1) is 37.8 Å². The number of ether oxygens (including phenoxy) is 1. The van der Waals surface area contributed by atoms with Crippen molar-refractivity contribution < 1.29 is 9.53 Å². The van der Waals surface area contributed by atoms with E-state index in [9.17, 15) is 4.79 Å². The molecule has 18 heavy (non-hydrogen) atoms. The molecule has 2 atom stereocenters. The molecule has 0 bridgehead atoms. The Morgan fingerprint density at radius 3 is 2.94 bits per heavy atom. The first-order valence-electron chi connectivity index (χ1n) is 5.46. The summed E-state index contributed by atoms with van der Waals surface area (Å²) < 4.78 is 7.33. The predicted molar refractivity (Wildman–Crippen MR) is 80.7 cm³/mol. The predicted octanol–water partition coefficient (Wildman–Crippen LogP) is 3.74. The molecule has 2 unspecified atom stereocenters. The topological polar surface area (TPSA) is 29.5 Å². The summed E-state index contributed by atoms with van der Waals surface area (Å²) in [7, 11) is 0. The fourth-order valence-electron chi connectivity index (χ4n) is 1.83. The van der Waals surface area contributed by atoms with E-state index in [1.54, 1.807) is 0 Å². The molecule has 7 heteroatoms. The van der Waals surface area contributed by atoms with Crippen molar-refractivity contribution in [2.75, 3.05) is 19.0 Å². The number of thiophene rings is 1. The van der Waals surface area contributed by atoms with Crippen LogP contribution in [-0.2, 0) is 4.74 Å². The summed E-state index contributed by atoms with van der Waals surface area (Å²) in [6.07, 6.45) is -0.0762. The van der Waals surface area contributed by atoms with Gasteiger partial charge < -0.3 is 9.64 Å². The number of carbonyl (C=O) groups is 1. The third kappa shape index (κ3) is 3.10. The lowest BCUT2D eigenvalue weighted by Gasteiger charge is -2.37. The summed E-state index contributed by atoms with van der Waals surface area (Å²) in [5.41, 5.74) is 0.689. The van der Waals surface area contributed by atoms with Gasteiger partial charge in [-0.3, -0.25) is 4.79 Å². The van der Waals surface area contributed by atoms with Crippen molar-refractivity contribution in [1.29, 1.82) is 0 Å². The molecule has 0 aliphatic carbocycles. The number of amides is 1. The molecule has 100 valence electrons. The number of carbonyl (C=O) groups excluding carboxylic acids is 1. The molecular weight excluding hydrogens is 405 g/mol. The highest BCUT2D eigenvalue weighted by molar-refractivity contribution is 9.12. The van der Waals surface area contributed by atoms with Crippen LogP contribution in [0.5, 0.6) is 0 Å². The Morgan fingerprint density at radius 1 is 1.67 bits per heavy atom. The van der Waals surface area contributed by atoms with Crippen LogP contribution in [0.4, 0.5) is 0 Å². The standard InChI is InChI=1S/C11H12Br2ClNO2S/c1-6-5-17-7(3-14)4-15(6)11(16)8-2-9(12)18-10(8)13/h2,6-7H,3-5H2,1H3. The van der Waals surface area contributed by atoms with E-state index >= 15 is 0 Å². The third-order valence-electron chi connectivity index (χ3n) is 2.83. The average Bonchev–Trinajstić information content (AvgIpc) is 2.68. The lowest BCUT2D eigenvalue weighted by Crippen LogP contribution is -2.51. The Balaban J connectivity index is 2.19. The van der Waals surface area contributed by atoms with Gasteiger partial charge in [-0.25, -0.2) is 0 Å². The average molecular weight is 418 g/mol. The number of rotatable bonds is 2. The van der Waals surface area contributed by atoms with Crippen molar-refractivity contribution in [1.82, 2.24) is 4.90 Å². The largest absolute Gasteiger partial charge is 0.373 e. The van der Waals surface area contributed by atoms with Crippen molar-refractivity contribution in [2.24, 2.45) is 0 Å². The van der Waals surface area contributed by atoms with Gasteiger partial charge in [0.2, 0.25) is 0 Å². The number of halogens is 3. The quantitative estimate of drug-likeness (QED) is 0.686. The van der Waals surface area contributed by atoms with Gasteiger partial charge in [0.25, 0.3) is 5.91 Å². The van der Waals surface area contributed by atoms with Gasteiger partial charge in [0.15, 0.2) is 0 Å². The van der Waals surface area contributed by atoms with Crippen LogP contribution in [0.2, 0.25) is 0 Å². The lowest BCUT2D eigenvalue weighted by atomic mass is 10.1. The van der Waals surface area contributed by atoms with E-state index in [2.05, 4.69) is 31.9 Å². The molecule has 1 aromatic rings. The highest BCUT2D eigenvalue weighted by Gasteiger charge is 2.31. The minimum absolute atomic E-state index is 0.0229. The summed E-state index contributed by atoms with van der Waals surface area (Å²) in [5.74, 6) is 0.431. The van der Waals surface area contributed by atoms with Gasteiger partial charge in [0.1, 0.15) is 0 Å². The monoisotopic (exact) mass is 415 g/mol. The number of alkyl halides is 1. The van der Waals surface area contributed by atoms with E-state index in [-0.39, 0.29) is 18.1 Å². The van der Waals surface area contributed by atoms with E-state index in [0.717, 1.165) is 7.57 Å². The zero-order valence-corrected chi connectivity index (χ0v) is 14.4. The zero-order chi connectivity index (χ0) is 13.3. The molecule has 1 aliphatic rings. The molecule has 2 rings (SSSR count). The van der Waals surface area contributed by atoms with Crippen LogP contribution < -0.4 is 0 Å². The molecule has 0 radical (unpaired) electrons. The second-order valence-electron chi connectivity index (χ2n) is 4.15. The van der Waals surface area contributed by atoms with Crippen LogP contribution in [0, 0.1) is 0 Å². The Bertz CT molecular complexity index is 454. The maximum Gasteiger partial charge on any atom is 0.256 e. The molecule has 1 amide bonds. The second-order valence-corrected chi connectivity index (χ2v) is 8.21. The third-order valence-corrected chi connectivity index (χ3v) is 5.51. The summed E-state index contributed by atoms with van der Waals surface area (Å²) in [6, 6.07) is 1.91. The zero-order valence-electron chi connectivity index (χ0n) is 9.66. The Morgan fingerprint density at radius 2 is 2.39 bits per heavy atom. The molecule has 3 nitrogen and oxygen atoms in total. The number of hydrogen-bond donors (Lipinski definition) is 0. The maximum absolute atomic E-state index is 12.5. The Labute approximate surface area is 132 Å². The van der Waals surface area contributed by atoms with Crippen LogP contribution in [0.15, 0.2) is 13.6 Å². The molecule has 0 spiro atoms. The van der Waals surface area contributed by atoms with Crippen LogP contribution in [-0.4, -0.2) is 42.0 Å². The van der Waals surface area contributed by atoms with Crippen molar-refractivity contribution in [3.8, 4) is 0 Å². The molecule has 2 heterocycles. The van der Waals surface area contributed by atoms with Crippen LogP contribution in [0.1, 0.15) is 17.3 Å². The first-order chi connectivity index (χ1) is 8.52. The first-order valence-corrected chi connectivity index (χ1v) is 8.40. The van der Waals surface area contributed by atoms with Crippen LogP contribution >= 0.6 is 54.8 Å². The summed E-state index contributed by atoms with van der Waals surface area (Å²) in [4.78, 5) is 14.3. The van der Waals surface area contributed by atoms with Gasteiger partial charge in [-0.15, -0.1) is 22.9 Å². The Kier molecular flexibility index (Phi) is 5.11. The fourth-order valence-corrected chi connectivity index (χ4v) is 4.80. The SMILES string of the molecule is CC1COC(CCl)CN1C(=O)c1cc(Br)sc1Br. The molecule has 1 aliphatic heterocycles. The minimum Gasteiger partial charge on any atom is -0.373 e. The number of nitrogens with zero attached hydrogens (tertiary/aromatic N) is 1. The highest BCUT2D eigenvalue weighted by Crippen LogP contribution is 2.33. The van der Waals surface area contributed by atoms with E-state index in [1.165, 1.54) is 11.3 Å². The fraction of sp³-hybridized carbons (Fsp3) is 0.545. The molecule has 0 aromatic carbocycles. The number of morpholine rings is 1. The van der Waals surface area contributed by atoms with Gasteiger partial charge in [-0.1, -0.05) is 0 Å². The lowest BCUT2D eigenvalue weighted by molar-refractivity contribution is -0.0371. The van der Waals surface area contributed by atoms with E-state index in [4.69, 9.17) is 16.3 Å². The van der Waals surface area contributed by atoms with E-state index in [0.29, 0.717) is 24.6 Å². The smallest absolute Gasteiger partial charge is 0.256 e. The maximum atomic E-state index is 12.5. The molecule has 1 aromatic heterocycles. The molecular formula is C11H12Br2ClNO2S. The summed E-state index contributed by atoms with van der Waals surface area (Å²) >= 11 is 14.1. The molecule has 1 saturated heterocycles. The normalized spacial score (nSPS) is 24.3. The van der Waals surface area contributed by atoms with Gasteiger partial charge in [-0.05, 0) is 44.8 Å². The summed E-state index contributed by atoms with van der Waals surface area (Å²) in [6.45, 7) is 3.06. The highest BCUT2D eigenvalue weighted by atomic mass is 79.9. The van der Waals surface area contributed by atoms with Crippen molar-refractivity contribution in [3.63, 3.8) is 0 Å². The van der Waals surface area contributed by atoms with Crippen LogP contribution in [0.25, 0.3) is 0 Å². The molecule has 1 fully saturated rings. The summed E-state index contributed by atoms with van der Waals surface area (Å²) in [5, 5.41) is 0. The van der Waals surface area contributed by atoms with Gasteiger partial charge >= 0.3 is 0 Å². The van der Waals surface area contributed by atoms with Gasteiger partial charge in [0, 0.05) is 6.54 Å². The van der Waals surface area contributed by atoms with E-state index in [1.807, 2.05) is 17.9 Å². The molecule has 0 N–H and O–H groups in total. The van der Waals surface area contributed by atoms with Crippen LogP contribution in [0.3, 0.4) is 0 Å². The van der Waals surface area contributed by atoms with Gasteiger partial charge in [-0.2, -0.15) is 0 Å². The van der Waals surface area contributed by atoms with Crippen molar-refractivity contribution >= 4 is 60.7 Å². The van der Waals surface area contributed by atoms with Crippen molar-refractivity contribution in [3.05, 3.63) is 19.2 Å². The molecule has 0 saturated carbocycles. The van der Waals surface area contributed by atoms with Crippen molar-refractivity contribution in [2.45, 2.75) is 19.1 Å². The van der Waals surface area contributed by atoms with E-state index < -0.39 is 0 Å². The number of hydrogen-bond acceptors (Lipinski definition) is 3.